The van der Waals surface area contributed by atoms with Crippen LogP contribution in [0.25, 0.3) is 0 Å². The zero-order chi connectivity index (χ0) is 12.3. The highest BCUT2D eigenvalue weighted by atomic mass is 16.4. The van der Waals surface area contributed by atoms with Crippen molar-refractivity contribution in [3.05, 3.63) is 35.4 Å². The topological polar surface area (TPSA) is 40.5 Å². The molecule has 0 aliphatic carbocycles. The van der Waals surface area contributed by atoms with Gasteiger partial charge in [-0.2, -0.15) is 0 Å². The van der Waals surface area contributed by atoms with Crippen molar-refractivity contribution in [1.29, 1.82) is 0 Å². The van der Waals surface area contributed by atoms with E-state index in [9.17, 15) is 4.79 Å². The molecule has 1 aromatic rings. The van der Waals surface area contributed by atoms with Gasteiger partial charge in [-0.25, -0.2) is 4.79 Å². The molecule has 0 radical (unpaired) electrons. The highest BCUT2D eigenvalue weighted by molar-refractivity contribution is 5.87. The van der Waals surface area contributed by atoms with Crippen LogP contribution < -0.4 is 0 Å². The van der Waals surface area contributed by atoms with Gasteiger partial charge in [0.1, 0.15) is 0 Å². The Balaban J connectivity index is 1.88. The first-order valence-electron chi connectivity index (χ1n) is 6.23. The molecule has 1 unspecified atom stereocenters. The number of rotatable bonds is 4. The molecular formula is C14H19NO2. The van der Waals surface area contributed by atoms with Crippen LogP contribution in [0.2, 0.25) is 0 Å². The third-order valence-corrected chi connectivity index (χ3v) is 3.58. The van der Waals surface area contributed by atoms with Crippen LogP contribution in [0, 0.1) is 0 Å². The van der Waals surface area contributed by atoms with Gasteiger partial charge in [0.05, 0.1) is 5.56 Å². The van der Waals surface area contributed by atoms with Crippen molar-refractivity contribution < 1.29 is 9.90 Å². The Morgan fingerprint density at radius 2 is 2.12 bits per heavy atom. The van der Waals surface area contributed by atoms with E-state index in [0.29, 0.717) is 11.6 Å². The molecule has 1 aliphatic heterocycles. The summed E-state index contributed by atoms with van der Waals surface area (Å²) in [5.74, 6) is -0.857. The first-order valence-corrected chi connectivity index (χ1v) is 6.23. The molecule has 92 valence electrons. The molecule has 1 fully saturated rings. The number of benzene rings is 1. The summed E-state index contributed by atoms with van der Waals surface area (Å²) < 4.78 is 0. The lowest BCUT2D eigenvalue weighted by Gasteiger charge is -2.20. The number of carbonyl (C=O) groups is 1. The van der Waals surface area contributed by atoms with Crippen LogP contribution in [-0.2, 0) is 6.42 Å². The Morgan fingerprint density at radius 3 is 2.65 bits per heavy atom. The predicted molar refractivity (Wildman–Crippen MR) is 67.4 cm³/mol. The molecular weight excluding hydrogens is 214 g/mol. The van der Waals surface area contributed by atoms with E-state index in [1.54, 1.807) is 12.1 Å². The van der Waals surface area contributed by atoms with E-state index in [0.717, 1.165) is 13.0 Å². The summed E-state index contributed by atoms with van der Waals surface area (Å²) in [4.78, 5) is 13.2. The molecule has 1 atom stereocenters. The summed E-state index contributed by atoms with van der Waals surface area (Å²) in [5.41, 5.74) is 1.58. The Labute approximate surface area is 102 Å². The van der Waals surface area contributed by atoms with Crippen LogP contribution in [0.1, 0.15) is 35.7 Å². The number of carboxylic acid groups (broad SMARTS) is 1. The highest BCUT2D eigenvalue weighted by Crippen LogP contribution is 2.16. The lowest BCUT2D eigenvalue weighted by molar-refractivity contribution is 0.0697. The average molecular weight is 233 g/mol. The van der Waals surface area contributed by atoms with Gasteiger partial charge in [0.15, 0.2) is 0 Å². The fraction of sp³-hybridized carbons (Fsp3) is 0.500. The van der Waals surface area contributed by atoms with Gasteiger partial charge in [-0.05, 0) is 50.4 Å². The smallest absolute Gasteiger partial charge is 0.335 e. The highest BCUT2D eigenvalue weighted by Gasteiger charge is 2.19. The Hall–Kier alpha value is -1.35. The Kier molecular flexibility index (Phi) is 3.79. The molecule has 0 bridgehead atoms. The zero-order valence-corrected chi connectivity index (χ0v) is 10.2. The number of carboxylic acids is 1. The Bertz CT molecular complexity index is 386. The van der Waals surface area contributed by atoms with E-state index in [1.165, 1.54) is 24.9 Å². The van der Waals surface area contributed by atoms with E-state index in [-0.39, 0.29) is 0 Å². The minimum atomic E-state index is -0.857. The van der Waals surface area contributed by atoms with Gasteiger partial charge in [0, 0.05) is 12.6 Å². The van der Waals surface area contributed by atoms with Crippen LogP contribution in [0.5, 0.6) is 0 Å². The molecule has 1 aromatic carbocycles. The van der Waals surface area contributed by atoms with Gasteiger partial charge in [-0.3, -0.25) is 0 Å². The lowest BCUT2D eigenvalue weighted by atomic mass is 10.1. The molecule has 3 heteroatoms. The molecule has 1 N–H and O–H groups in total. The maximum absolute atomic E-state index is 10.7. The number of likely N-dealkylation sites (tertiary alicyclic amines) is 1. The molecule has 3 nitrogen and oxygen atoms in total. The van der Waals surface area contributed by atoms with Crippen molar-refractivity contribution in [2.45, 2.75) is 32.2 Å². The van der Waals surface area contributed by atoms with Crippen LogP contribution in [0.15, 0.2) is 24.3 Å². The molecule has 1 saturated heterocycles. The molecule has 0 spiro atoms. The largest absolute Gasteiger partial charge is 0.478 e. The third kappa shape index (κ3) is 3.07. The van der Waals surface area contributed by atoms with E-state index in [2.05, 4.69) is 11.8 Å². The van der Waals surface area contributed by atoms with Gasteiger partial charge in [0.2, 0.25) is 0 Å². The standard InChI is InChI=1S/C14H19NO2/c1-11-3-2-9-15(11)10-8-12-4-6-13(7-5-12)14(16)17/h4-7,11H,2-3,8-10H2,1H3,(H,16,17). The number of hydrogen-bond donors (Lipinski definition) is 1. The second-order valence-corrected chi connectivity index (χ2v) is 4.78. The van der Waals surface area contributed by atoms with E-state index in [1.807, 2.05) is 12.1 Å². The van der Waals surface area contributed by atoms with Crippen molar-refractivity contribution in [1.82, 2.24) is 4.90 Å². The van der Waals surface area contributed by atoms with Crippen LogP contribution in [0.4, 0.5) is 0 Å². The van der Waals surface area contributed by atoms with E-state index < -0.39 is 5.97 Å². The summed E-state index contributed by atoms with van der Waals surface area (Å²) >= 11 is 0. The fourth-order valence-corrected chi connectivity index (χ4v) is 2.41. The van der Waals surface area contributed by atoms with Crippen LogP contribution in [-0.4, -0.2) is 35.1 Å². The van der Waals surface area contributed by atoms with Crippen molar-refractivity contribution in [3.63, 3.8) is 0 Å². The second kappa shape index (κ2) is 5.32. The van der Waals surface area contributed by atoms with Crippen molar-refractivity contribution in [3.8, 4) is 0 Å². The molecule has 1 heterocycles. The molecule has 0 saturated carbocycles. The van der Waals surface area contributed by atoms with Gasteiger partial charge in [-0.15, -0.1) is 0 Å². The first kappa shape index (κ1) is 12.1. The molecule has 17 heavy (non-hydrogen) atoms. The Morgan fingerprint density at radius 1 is 1.41 bits per heavy atom. The minimum absolute atomic E-state index is 0.364. The van der Waals surface area contributed by atoms with Gasteiger partial charge >= 0.3 is 5.97 Å². The van der Waals surface area contributed by atoms with Crippen molar-refractivity contribution in [2.24, 2.45) is 0 Å². The maximum Gasteiger partial charge on any atom is 0.335 e. The van der Waals surface area contributed by atoms with E-state index in [4.69, 9.17) is 5.11 Å². The van der Waals surface area contributed by atoms with Crippen LogP contribution in [0.3, 0.4) is 0 Å². The maximum atomic E-state index is 10.7. The summed E-state index contributed by atoms with van der Waals surface area (Å²) in [5, 5.41) is 8.80. The fourth-order valence-electron chi connectivity index (χ4n) is 2.41. The van der Waals surface area contributed by atoms with E-state index >= 15 is 0 Å². The number of hydrogen-bond acceptors (Lipinski definition) is 2. The monoisotopic (exact) mass is 233 g/mol. The molecule has 0 aromatic heterocycles. The summed E-state index contributed by atoms with van der Waals surface area (Å²) in [7, 11) is 0. The quantitative estimate of drug-likeness (QED) is 0.868. The number of nitrogens with zero attached hydrogens (tertiary/aromatic N) is 1. The first-order chi connectivity index (χ1) is 8.16. The average Bonchev–Trinajstić information content (AvgIpc) is 2.73. The molecule has 1 aliphatic rings. The second-order valence-electron chi connectivity index (χ2n) is 4.78. The molecule has 2 rings (SSSR count). The minimum Gasteiger partial charge on any atom is -0.478 e. The zero-order valence-electron chi connectivity index (χ0n) is 10.2. The van der Waals surface area contributed by atoms with Crippen molar-refractivity contribution >= 4 is 5.97 Å². The summed E-state index contributed by atoms with van der Waals surface area (Å²) in [6.45, 7) is 4.56. The lowest BCUT2D eigenvalue weighted by Crippen LogP contribution is -2.28. The third-order valence-electron chi connectivity index (χ3n) is 3.58. The summed E-state index contributed by atoms with van der Waals surface area (Å²) in [6, 6.07) is 7.91. The summed E-state index contributed by atoms with van der Waals surface area (Å²) in [6.07, 6.45) is 3.61. The number of aromatic carboxylic acids is 1. The predicted octanol–water partition coefficient (Wildman–Crippen LogP) is 2.41. The van der Waals surface area contributed by atoms with Gasteiger partial charge in [-0.1, -0.05) is 12.1 Å². The van der Waals surface area contributed by atoms with Crippen LogP contribution >= 0.6 is 0 Å². The van der Waals surface area contributed by atoms with Crippen molar-refractivity contribution in [2.75, 3.05) is 13.1 Å². The van der Waals surface area contributed by atoms with Gasteiger partial charge in [0.25, 0.3) is 0 Å². The van der Waals surface area contributed by atoms with Gasteiger partial charge < -0.3 is 10.0 Å². The normalized spacial score (nSPS) is 20.6. The molecule has 0 amide bonds. The SMILES string of the molecule is CC1CCCN1CCc1ccc(C(=O)O)cc1.